The van der Waals surface area contributed by atoms with E-state index in [9.17, 15) is 9.59 Å². The minimum atomic E-state index is -1.19. The highest BCUT2D eigenvalue weighted by molar-refractivity contribution is 6.12. The van der Waals surface area contributed by atoms with Crippen LogP contribution in [0, 0.1) is 11.8 Å². The third-order valence-corrected chi connectivity index (χ3v) is 5.79. The van der Waals surface area contributed by atoms with Crippen molar-refractivity contribution < 1.29 is 14.3 Å². The van der Waals surface area contributed by atoms with Gasteiger partial charge in [0.2, 0.25) is 5.91 Å². The maximum absolute atomic E-state index is 13.6. The number of rotatable bonds is 5. The Kier molecular flexibility index (Phi) is 6.24. The van der Waals surface area contributed by atoms with Crippen LogP contribution >= 0.6 is 0 Å². The lowest BCUT2D eigenvalue weighted by Gasteiger charge is -2.43. The number of ether oxygens (including phenoxy) is 1. The first-order valence-electron chi connectivity index (χ1n) is 10.6. The zero-order valence-corrected chi connectivity index (χ0v) is 18.3. The SMILES string of the molecule is CC#CC(=O)N(c1ccc2c(cnn2C)c1)C1(C(=O)NCc2ccccc2)CCCOC1. The van der Waals surface area contributed by atoms with Gasteiger partial charge in [-0.1, -0.05) is 36.3 Å². The molecule has 1 aliphatic heterocycles. The van der Waals surface area contributed by atoms with E-state index in [4.69, 9.17) is 4.74 Å². The molecule has 1 fully saturated rings. The molecule has 2 heterocycles. The fraction of sp³-hybridized carbons (Fsp3) is 0.320. The van der Waals surface area contributed by atoms with Crippen LogP contribution in [0.5, 0.6) is 0 Å². The van der Waals surface area contributed by atoms with E-state index in [-0.39, 0.29) is 12.5 Å². The molecule has 1 N–H and O–H groups in total. The summed E-state index contributed by atoms with van der Waals surface area (Å²) in [6, 6.07) is 15.3. The summed E-state index contributed by atoms with van der Waals surface area (Å²) < 4.78 is 7.53. The normalized spacial score (nSPS) is 17.9. The van der Waals surface area contributed by atoms with E-state index in [0.29, 0.717) is 31.7 Å². The molecule has 0 bridgehead atoms. The zero-order chi connectivity index (χ0) is 22.6. The molecule has 4 rings (SSSR count). The molecule has 2 amide bonds. The van der Waals surface area contributed by atoms with Gasteiger partial charge in [0, 0.05) is 31.3 Å². The van der Waals surface area contributed by atoms with Crippen molar-refractivity contribution in [2.24, 2.45) is 7.05 Å². The van der Waals surface area contributed by atoms with Gasteiger partial charge in [-0.15, -0.1) is 0 Å². The number of carbonyl (C=O) groups is 2. The number of benzene rings is 2. The number of aromatic nitrogens is 2. The number of hydrogen-bond donors (Lipinski definition) is 1. The fourth-order valence-corrected chi connectivity index (χ4v) is 4.19. The minimum absolute atomic E-state index is 0.107. The Morgan fingerprint density at radius 1 is 1.25 bits per heavy atom. The van der Waals surface area contributed by atoms with Crippen LogP contribution in [0.25, 0.3) is 10.9 Å². The second-order valence-corrected chi connectivity index (χ2v) is 7.88. The lowest BCUT2D eigenvalue weighted by molar-refractivity contribution is -0.134. The number of hydrogen-bond acceptors (Lipinski definition) is 4. The van der Waals surface area contributed by atoms with Crippen molar-refractivity contribution in [1.29, 1.82) is 0 Å². The van der Waals surface area contributed by atoms with Gasteiger partial charge in [0.05, 0.1) is 18.3 Å². The molecule has 32 heavy (non-hydrogen) atoms. The molecule has 1 unspecified atom stereocenters. The summed E-state index contributed by atoms with van der Waals surface area (Å²) in [6.07, 6.45) is 2.89. The summed E-state index contributed by atoms with van der Waals surface area (Å²) in [5, 5.41) is 8.19. The minimum Gasteiger partial charge on any atom is -0.378 e. The highest BCUT2D eigenvalue weighted by atomic mass is 16.5. The van der Waals surface area contributed by atoms with E-state index >= 15 is 0 Å². The number of fused-ring (bicyclic) bond motifs is 1. The van der Waals surface area contributed by atoms with E-state index < -0.39 is 11.4 Å². The molecule has 0 aliphatic carbocycles. The van der Waals surface area contributed by atoms with Crippen LogP contribution in [0.3, 0.4) is 0 Å². The average Bonchev–Trinajstić information content (AvgIpc) is 3.19. The van der Waals surface area contributed by atoms with E-state index in [1.54, 1.807) is 17.8 Å². The summed E-state index contributed by atoms with van der Waals surface area (Å²) in [4.78, 5) is 28.4. The van der Waals surface area contributed by atoms with Gasteiger partial charge in [-0.3, -0.25) is 19.2 Å². The summed E-state index contributed by atoms with van der Waals surface area (Å²) in [7, 11) is 1.86. The quantitative estimate of drug-likeness (QED) is 0.632. The molecule has 1 saturated heterocycles. The monoisotopic (exact) mass is 430 g/mol. The molecule has 1 aliphatic rings. The Balaban J connectivity index is 1.75. The Bertz CT molecular complexity index is 1180. The number of aryl methyl sites for hydroxylation is 1. The third-order valence-electron chi connectivity index (χ3n) is 5.79. The fourth-order valence-electron chi connectivity index (χ4n) is 4.19. The van der Waals surface area contributed by atoms with Crippen molar-refractivity contribution in [3.05, 3.63) is 60.3 Å². The molecule has 3 aromatic rings. The van der Waals surface area contributed by atoms with Gasteiger partial charge in [-0.25, -0.2) is 0 Å². The zero-order valence-electron chi connectivity index (χ0n) is 18.3. The smallest absolute Gasteiger partial charge is 0.303 e. The molecule has 1 atom stereocenters. The number of anilines is 1. The Labute approximate surface area is 187 Å². The predicted octanol–water partition coefficient (Wildman–Crippen LogP) is 2.80. The molecule has 7 heteroatoms. The van der Waals surface area contributed by atoms with Gasteiger partial charge in [0.15, 0.2) is 5.54 Å². The molecular weight excluding hydrogens is 404 g/mol. The molecule has 7 nitrogen and oxygen atoms in total. The summed E-state index contributed by atoms with van der Waals surface area (Å²) in [5.74, 6) is 4.63. The summed E-state index contributed by atoms with van der Waals surface area (Å²) in [6.45, 7) is 2.64. The van der Waals surface area contributed by atoms with Crippen LogP contribution in [0.15, 0.2) is 54.7 Å². The van der Waals surface area contributed by atoms with Gasteiger partial charge in [0.25, 0.3) is 0 Å². The van der Waals surface area contributed by atoms with Crippen molar-refractivity contribution in [2.75, 3.05) is 18.1 Å². The molecule has 2 aromatic carbocycles. The molecule has 1 aromatic heterocycles. The van der Waals surface area contributed by atoms with E-state index in [1.807, 2.05) is 55.6 Å². The first kappa shape index (κ1) is 21.6. The highest BCUT2D eigenvalue weighted by Gasteiger charge is 2.48. The largest absolute Gasteiger partial charge is 0.378 e. The van der Waals surface area contributed by atoms with Gasteiger partial charge >= 0.3 is 5.91 Å². The van der Waals surface area contributed by atoms with E-state index in [2.05, 4.69) is 22.3 Å². The van der Waals surface area contributed by atoms with Gasteiger partial charge in [-0.05, 0) is 49.4 Å². The average molecular weight is 431 g/mol. The number of nitrogens with zero attached hydrogens (tertiary/aromatic N) is 3. The second kappa shape index (κ2) is 9.25. The van der Waals surface area contributed by atoms with Gasteiger partial charge in [-0.2, -0.15) is 5.10 Å². The number of nitrogens with one attached hydrogen (secondary N) is 1. The van der Waals surface area contributed by atoms with Crippen LogP contribution in [0.4, 0.5) is 5.69 Å². The first-order valence-corrected chi connectivity index (χ1v) is 10.6. The van der Waals surface area contributed by atoms with E-state index in [1.165, 1.54) is 4.90 Å². The van der Waals surface area contributed by atoms with Crippen molar-refractivity contribution in [2.45, 2.75) is 31.8 Å². The van der Waals surface area contributed by atoms with Crippen LogP contribution in [-0.2, 0) is 27.9 Å². The Morgan fingerprint density at radius 2 is 2.06 bits per heavy atom. The Morgan fingerprint density at radius 3 is 2.78 bits per heavy atom. The predicted molar refractivity (Wildman–Crippen MR) is 123 cm³/mol. The molecular formula is C25H26N4O3. The first-order chi connectivity index (χ1) is 15.5. The van der Waals surface area contributed by atoms with Crippen molar-refractivity contribution in [1.82, 2.24) is 15.1 Å². The second-order valence-electron chi connectivity index (χ2n) is 7.88. The third kappa shape index (κ3) is 4.10. The number of amides is 2. The molecule has 164 valence electrons. The molecule has 0 radical (unpaired) electrons. The highest BCUT2D eigenvalue weighted by Crippen LogP contribution is 2.34. The van der Waals surface area contributed by atoms with Crippen molar-refractivity contribution in [3.8, 4) is 11.8 Å². The van der Waals surface area contributed by atoms with Crippen LogP contribution < -0.4 is 10.2 Å². The number of carbonyl (C=O) groups excluding carboxylic acids is 2. The van der Waals surface area contributed by atoms with Crippen LogP contribution in [0.2, 0.25) is 0 Å². The standard InChI is InChI=1S/C25H26N4O3/c1-3-8-23(30)29(21-11-12-22-20(15-21)17-27-28(22)2)25(13-7-14-32-18-25)24(31)26-16-19-9-5-4-6-10-19/h4-6,9-12,15,17H,7,13-14,16,18H2,1-2H3,(H,26,31). The topological polar surface area (TPSA) is 76.5 Å². The van der Waals surface area contributed by atoms with Gasteiger partial charge in [0.1, 0.15) is 0 Å². The van der Waals surface area contributed by atoms with E-state index in [0.717, 1.165) is 16.5 Å². The maximum Gasteiger partial charge on any atom is 0.303 e. The summed E-state index contributed by atoms with van der Waals surface area (Å²) in [5.41, 5.74) is 1.32. The lowest BCUT2D eigenvalue weighted by Crippen LogP contribution is -2.65. The summed E-state index contributed by atoms with van der Waals surface area (Å²) >= 11 is 0. The molecule has 0 spiro atoms. The van der Waals surface area contributed by atoms with Crippen LogP contribution in [-0.4, -0.2) is 40.3 Å². The van der Waals surface area contributed by atoms with Crippen molar-refractivity contribution in [3.63, 3.8) is 0 Å². The Hall–Kier alpha value is -3.63. The van der Waals surface area contributed by atoms with Crippen molar-refractivity contribution >= 4 is 28.4 Å². The molecule has 0 saturated carbocycles. The van der Waals surface area contributed by atoms with Gasteiger partial charge < -0.3 is 10.1 Å². The van der Waals surface area contributed by atoms with Crippen LogP contribution in [0.1, 0.15) is 25.3 Å². The maximum atomic E-state index is 13.6. The lowest BCUT2D eigenvalue weighted by atomic mass is 9.88.